The number of rotatable bonds is 7. The number of carbonyl (C=O) groups excluding carboxylic acids is 1. The Balaban J connectivity index is 1.67. The Morgan fingerprint density at radius 1 is 1.25 bits per heavy atom. The SMILES string of the molecule is COc1ccccc1-c1nnc(SCC(=O)Nc2cccc([N+](=O)[O-])c2)n1C. The first-order chi connectivity index (χ1) is 13.5. The van der Waals surface area contributed by atoms with Gasteiger partial charge in [-0.05, 0) is 18.2 Å². The predicted octanol–water partition coefficient (Wildman–Crippen LogP) is 3.13. The highest BCUT2D eigenvalue weighted by atomic mass is 32.2. The zero-order chi connectivity index (χ0) is 20.1. The van der Waals surface area contributed by atoms with E-state index >= 15 is 0 Å². The van der Waals surface area contributed by atoms with Gasteiger partial charge in [-0.3, -0.25) is 14.9 Å². The fraction of sp³-hybridized carbons (Fsp3) is 0.167. The van der Waals surface area contributed by atoms with Gasteiger partial charge in [-0.15, -0.1) is 10.2 Å². The number of aromatic nitrogens is 3. The minimum atomic E-state index is -0.511. The van der Waals surface area contributed by atoms with Crippen molar-refractivity contribution in [3.8, 4) is 17.1 Å². The van der Waals surface area contributed by atoms with Gasteiger partial charge >= 0.3 is 0 Å². The van der Waals surface area contributed by atoms with Crippen molar-refractivity contribution in [3.63, 3.8) is 0 Å². The van der Waals surface area contributed by atoms with E-state index in [2.05, 4.69) is 15.5 Å². The highest BCUT2D eigenvalue weighted by molar-refractivity contribution is 7.99. The number of nitro groups is 1. The van der Waals surface area contributed by atoms with Crippen molar-refractivity contribution < 1.29 is 14.5 Å². The molecule has 0 aliphatic rings. The quantitative estimate of drug-likeness (QED) is 0.369. The van der Waals surface area contributed by atoms with Crippen molar-refractivity contribution in [1.82, 2.24) is 14.8 Å². The molecule has 0 fully saturated rings. The molecule has 0 radical (unpaired) electrons. The smallest absolute Gasteiger partial charge is 0.271 e. The molecule has 0 aliphatic carbocycles. The van der Waals surface area contributed by atoms with Gasteiger partial charge in [-0.1, -0.05) is 30.0 Å². The first-order valence-electron chi connectivity index (χ1n) is 8.19. The second-order valence-corrected chi connectivity index (χ2v) is 6.65. The van der Waals surface area contributed by atoms with Crippen LogP contribution in [0.1, 0.15) is 0 Å². The summed E-state index contributed by atoms with van der Waals surface area (Å²) in [5, 5.41) is 22.3. The highest BCUT2D eigenvalue weighted by Gasteiger charge is 2.16. The van der Waals surface area contributed by atoms with E-state index in [0.717, 1.165) is 5.56 Å². The van der Waals surface area contributed by atoms with E-state index in [1.54, 1.807) is 17.7 Å². The maximum Gasteiger partial charge on any atom is 0.271 e. The third-order valence-corrected chi connectivity index (χ3v) is 4.88. The second kappa shape index (κ2) is 8.53. The number of hydrogen-bond donors (Lipinski definition) is 1. The van der Waals surface area contributed by atoms with E-state index in [1.807, 2.05) is 31.3 Å². The molecule has 1 N–H and O–H groups in total. The lowest BCUT2D eigenvalue weighted by atomic mass is 10.2. The average molecular weight is 399 g/mol. The molecule has 144 valence electrons. The summed E-state index contributed by atoms with van der Waals surface area (Å²) in [5.74, 6) is 1.09. The number of anilines is 1. The average Bonchev–Trinajstić information content (AvgIpc) is 3.06. The molecule has 1 amide bonds. The molecule has 2 aromatic carbocycles. The van der Waals surface area contributed by atoms with Gasteiger partial charge in [0.1, 0.15) is 5.75 Å². The molecule has 28 heavy (non-hydrogen) atoms. The molecule has 0 saturated carbocycles. The molecule has 0 bridgehead atoms. The summed E-state index contributed by atoms with van der Waals surface area (Å²) in [4.78, 5) is 22.5. The van der Waals surface area contributed by atoms with Crippen molar-refractivity contribution in [1.29, 1.82) is 0 Å². The zero-order valence-corrected chi connectivity index (χ0v) is 16.0. The lowest BCUT2D eigenvalue weighted by Crippen LogP contribution is -2.14. The number of benzene rings is 2. The highest BCUT2D eigenvalue weighted by Crippen LogP contribution is 2.30. The maximum absolute atomic E-state index is 12.2. The van der Waals surface area contributed by atoms with Crippen LogP contribution in [-0.2, 0) is 11.8 Å². The Labute approximate surface area is 164 Å². The third kappa shape index (κ3) is 4.29. The fourth-order valence-corrected chi connectivity index (χ4v) is 3.24. The normalized spacial score (nSPS) is 10.5. The van der Waals surface area contributed by atoms with Crippen LogP contribution in [0, 0.1) is 10.1 Å². The largest absolute Gasteiger partial charge is 0.496 e. The van der Waals surface area contributed by atoms with Crippen LogP contribution < -0.4 is 10.1 Å². The number of methoxy groups -OCH3 is 1. The van der Waals surface area contributed by atoms with Crippen LogP contribution >= 0.6 is 11.8 Å². The van der Waals surface area contributed by atoms with Gasteiger partial charge in [0.2, 0.25) is 5.91 Å². The molecule has 0 unspecified atom stereocenters. The monoisotopic (exact) mass is 399 g/mol. The number of nitro benzene ring substituents is 1. The summed E-state index contributed by atoms with van der Waals surface area (Å²) in [6.07, 6.45) is 0. The third-order valence-electron chi connectivity index (χ3n) is 3.86. The molecule has 0 aliphatic heterocycles. The van der Waals surface area contributed by atoms with Crippen LogP contribution in [0.15, 0.2) is 53.7 Å². The number of non-ortho nitro benzene ring substituents is 1. The van der Waals surface area contributed by atoms with Crippen molar-refractivity contribution in [2.45, 2.75) is 5.16 Å². The minimum absolute atomic E-state index is 0.0831. The van der Waals surface area contributed by atoms with Gasteiger partial charge < -0.3 is 14.6 Å². The number of nitrogens with zero attached hydrogens (tertiary/aromatic N) is 4. The van der Waals surface area contributed by atoms with Crippen molar-refractivity contribution in [2.75, 3.05) is 18.2 Å². The van der Waals surface area contributed by atoms with Crippen LogP contribution in [-0.4, -0.2) is 38.5 Å². The van der Waals surface area contributed by atoms with Crippen LogP contribution in [0.4, 0.5) is 11.4 Å². The van der Waals surface area contributed by atoms with E-state index in [9.17, 15) is 14.9 Å². The summed E-state index contributed by atoms with van der Waals surface area (Å²) in [6, 6.07) is 13.3. The molecule has 3 aromatic rings. The fourth-order valence-electron chi connectivity index (χ4n) is 2.53. The van der Waals surface area contributed by atoms with Gasteiger partial charge in [-0.25, -0.2) is 0 Å². The molecule has 10 heteroatoms. The number of ether oxygens (including phenoxy) is 1. The van der Waals surface area contributed by atoms with Crippen LogP contribution in [0.25, 0.3) is 11.4 Å². The molecule has 0 saturated heterocycles. The Morgan fingerprint density at radius 3 is 2.79 bits per heavy atom. The van der Waals surface area contributed by atoms with E-state index in [-0.39, 0.29) is 17.3 Å². The summed E-state index contributed by atoms with van der Waals surface area (Å²) in [7, 11) is 3.39. The van der Waals surface area contributed by atoms with Gasteiger partial charge in [0, 0.05) is 24.9 Å². The summed E-state index contributed by atoms with van der Waals surface area (Å²) in [5.41, 5.74) is 1.08. The maximum atomic E-state index is 12.2. The van der Waals surface area contributed by atoms with Crippen LogP contribution in [0.3, 0.4) is 0 Å². The second-order valence-electron chi connectivity index (χ2n) is 5.71. The van der Waals surface area contributed by atoms with E-state index in [1.165, 1.54) is 30.0 Å². The minimum Gasteiger partial charge on any atom is -0.496 e. The number of thioether (sulfide) groups is 1. The lowest BCUT2D eigenvalue weighted by molar-refractivity contribution is -0.384. The van der Waals surface area contributed by atoms with E-state index < -0.39 is 4.92 Å². The molecule has 9 nitrogen and oxygen atoms in total. The summed E-state index contributed by atoms with van der Waals surface area (Å²) in [6.45, 7) is 0. The number of carbonyl (C=O) groups is 1. The Morgan fingerprint density at radius 2 is 2.04 bits per heavy atom. The van der Waals surface area contributed by atoms with Crippen molar-refractivity contribution in [3.05, 3.63) is 58.6 Å². The zero-order valence-electron chi connectivity index (χ0n) is 15.2. The first-order valence-corrected chi connectivity index (χ1v) is 9.18. The van der Waals surface area contributed by atoms with E-state index in [4.69, 9.17) is 4.74 Å². The van der Waals surface area contributed by atoms with Crippen molar-refractivity contribution >= 4 is 29.0 Å². The number of para-hydroxylation sites is 1. The van der Waals surface area contributed by atoms with Gasteiger partial charge in [0.25, 0.3) is 5.69 Å². The first kappa shape index (κ1) is 19.4. The van der Waals surface area contributed by atoms with E-state index in [0.29, 0.717) is 22.4 Å². The Kier molecular flexibility index (Phi) is 5.90. The molecule has 3 rings (SSSR count). The predicted molar refractivity (Wildman–Crippen MR) is 105 cm³/mol. The topological polar surface area (TPSA) is 112 Å². The number of nitrogens with one attached hydrogen (secondary N) is 1. The summed E-state index contributed by atoms with van der Waals surface area (Å²) >= 11 is 1.22. The van der Waals surface area contributed by atoms with Gasteiger partial charge in [-0.2, -0.15) is 0 Å². The molecular weight excluding hydrogens is 382 g/mol. The molecule has 1 heterocycles. The molecule has 0 spiro atoms. The molecule has 1 aromatic heterocycles. The van der Waals surface area contributed by atoms with Crippen LogP contribution in [0.5, 0.6) is 5.75 Å². The lowest BCUT2D eigenvalue weighted by Gasteiger charge is -2.08. The van der Waals surface area contributed by atoms with Gasteiger partial charge in [0.15, 0.2) is 11.0 Å². The van der Waals surface area contributed by atoms with Gasteiger partial charge in [0.05, 0.1) is 23.3 Å². The molecular formula is C18H17N5O4S. The van der Waals surface area contributed by atoms with Crippen LogP contribution in [0.2, 0.25) is 0 Å². The standard InChI is InChI=1S/C18H17N5O4S/c1-22-17(14-8-3-4-9-15(14)27-2)20-21-18(22)28-11-16(24)19-12-6-5-7-13(10-12)23(25)26/h3-10H,11H2,1-2H3,(H,19,24). The molecule has 0 atom stereocenters. The summed E-state index contributed by atoms with van der Waals surface area (Å²) < 4.78 is 7.14. The van der Waals surface area contributed by atoms with Crippen molar-refractivity contribution in [2.24, 2.45) is 7.05 Å². The Bertz CT molecular complexity index is 1020. The number of amides is 1. The number of hydrogen-bond acceptors (Lipinski definition) is 7. The Hall–Kier alpha value is -3.40.